The summed E-state index contributed by atoms with van der Waals surface area (Å²) in [6.45, 7) is 1.10. The molecule has 0 aliphatic rings. The topological polar surface area (TPSA) is 109 Å². The number of nitrogens with zero attached hydrogens (tertiary/aromatic N) is 2. The Kier molecular flexibility index (Phi) is 9.88. The van der Waals surface area contributed by atoms with Crippen molar-refractivity contribution in [2.24, 2.45) is 0 Å². The van der Waals surface area contributed by atoms with E-state index in [0.717, 1.165) is 5.03 Å². The van der Waals surface area contributed by atoms with Crippen molar-refractivity contribution in [1.29, 1.82) is 0 Å². The molecule has 2 aromatic rings. The largest absolute Gasteiger partial charge is 0.462 e. The van der Waals surface area contributed by atoms with Gasteiger partial charge in [-0.2, -0.15) is 0 Å². The molecular weight excluding hydrogens is 428 g/mol. The lowest BCUT2D eigenvalue weighted by molar-refractivity contribution is -0.386. The maximum Gasteiger partial charge on any atom is 0.306 e. The van der Waals surface area contributed by atoms with Gasteiger partial charge in [-0.25, -0.2) is 4.98 Å². The van der Waals surface area contributed by atoms with Crippen molar-refractivity contribution in [3.8, 4) is 0 Å². The third-order valence-electron chi connectivity index (χ3n) is 3.57. The Morgan fingerprint density at radius 3 is 2.73 bits per heavy atom. The second kappa shape index (κ2) is 12.7. The Labute approximate surface area is 181 Å². The average molecular weight is 449 g/mol. The van der Waals surface area contributed by atoms with Crippen LogP contribution in [0.3, 0.4) is 0 Å². The molecule has 1 heterocycles. The van der Waals surface area contributed by atoms with E-state index in [2.05, 4.69) is 4.98 Å². The lowest BCUT2D eigenvalue weighted by Crippen LogP contribution is -2.07. The normalized spacial score (nSPS) is 10.7. The molecule has 30 heavy (non-hydrogen) atoms. The van der Waals surface area contributed by atoms with E-state index in [9.17, 15) is 19.7 Å². The van der Waals surface area contributed by atoms with Crippen molar-refractivity contribution in [1.82, 2.24) is 4.98 Å². The minimum atomic E-state index is -0.520. The first-order chi connectivity index (χ1) is 14.5. The Bertz CT molecular complexity index is 905. The van der Waals surface area contributed by atoms with Gasteiger partial charge in [0.25, 0.3) is 5.69 Å². The number of rotatable bonds is 11. The van der Waals surface area contributed by atoms with Crippen LogP contribution in [0.2, 0.25) is 0 Å². The van der Waals surface area contributed by atoms with Crippen molar-refractivity contribution in [2.75, 3.05) is 12.4 Å². The third-order valence-corrected chi connectivity index (χ3v) is 5.84. The monoisotopic (exact) mass is 448 g/mol. The van der Waals surface area contributed by atoms with Gasteiger partial charge in [-0.3, -0.25) is 19.7 Å². The lowest BCUT2D eigenvalue weighted by atomic mass is 10.1. The summed E-state index contributed by atoms with van der Waals surface area (Å²) >= 11 is 0. The highest BCUT2D eigenvalue weighted by molar-refractivity contribution is 8.76. The molecule has 1 aromatic heterocycles. The fourth-order valence-electron chi connectivity index (χ4n) is 2.28. The van der Waals surface area contributed by atoms with E-state index in [1.807, 2.05) is 18.2 Å². The van der Waals surface area contributed by atoms with Crippen LogP contribution in [-0.4, -0.2) is 34.2 Å². The van der Waals surface area contributed by atoms with Gasteiger partial charge in [0.1, 0.15) is 18.2 Å². The van der Waals surface area contributed by atoms with E-state index in [1.54, 1.807) is 24.4 Å². The highest BCUT2D eigenvalue weighted by atomic mass is 33.1. The van der Waals surface area contributed by atoms with E-state index in [4.69, 9.17) is 9.47 Å². The number of aromatic nitrogens is 1. The lowest BCUT2D eigenvalue weighted by Gasteiger charge is -2.07. The van der Waals surface area contributed by atoms with Gasteiger partial charge in [-0.1, -0.05) is 22.9 Å². The molecule has 0 bridgehead atoms. The zero-order chi connectivity index (χ0) is 21.8. The summed E-state index contributed by atoms with van der Waals surface area (Å²) in [5.41, 5.74) is 0.478. The molecule has 0 saturated heterocycles. The number of nitro benzene ring substituents is 1. The van der Waals surface area contributed by atoms with Crippen molar-refractivity contribution in [3.05, 3.63) is 69.9 Å². The number of para-hydroxylation sites is 1. The predicted octanol–water partition coefficient (Wildman–Crippen LogP) is 4.44. The van der Waals surface area contributed by atoms with Gasteiger partial charge in [0.05, 0.1) is 22.5 Å². The van der Waals surface area contributed by atoms with Crippen molar-refractivity contribution in [2.45, 2.75) is 25.0 Å². The number of hydrogen-bond acceptors (Lipinski definition) is 9. The molecule has 0 saturated carbocycles. The molecule has 1 aromatic carbocycles. The second-order valence-corrected chi connectivity index (χ2v) is 8.24. The standard InChI is InChI=1S/C20H20N2O6S2/c1-15(23)27-12-5-8-16-6-4-7-17(20(16)22(25)26)14-28-19(24)10-13-29-30-18-9-2-3-11-21-18/h2-9,11H,10,12-14H2,1H3. The van der Waals surface area contributed by atoms with Gasteiger partial charge < -0.3 is 9.47 Å². The van der Waals surface area contributed by atoms with E-state index < -0.39 is 16.9 Å². The minimum absolute atomic E-state index is 0.0138. The van der Waals surface area contributed by atoms with E-state index in [-0.39, 0.29) is 25.3 Å². The van der Waals surface area contributed by atoms with E-state index >= 15 is 0 Å². The summed E-state index contributed by atoms with van der Waals surface area (Å²) in [4.78, 5) is 37.9. The Morgan fingerprint density at radius 2 is 2.03 bits per heavy atom. The number of benzene rings is 1. The summed E-state index contributed by atoms with van der Waals surface area (Å²) in [6, 6.07) is 10.3. The number of carbonyl (C=O) groups excluding carboxylic acids is 2. The van der Waals surface area contributed by atoms with Gasteiger partial charge in [0.15, 0.2) is 0 Å². The van der Waals surface area contributed by atoms with Gasteiger partial charge in [-0.15, -0.1) is 0 Å². The minimum Gasteiger partial charge on any atom is -0.462 e. The molecule has 0 radical (unpaired) electrons. The van der Waals surface area contributed by atoms with Crippen LogP contribution in [0.1, 0.15) is 24.5 Å². The highest BCUT2D eigenvalue weighted by Crippen LogP contribution is 2.30. The molecule has 0 spiro atoms. The maximum absolute atomic E-state index is 12.0. The van der Waals surface area contributed by atoms with Crippen LogP contribution in [0.5, 0.6) is 0 Å². The number of hydrogen-bond donors (Lipinski definition) is 0. The number of carbonyl (C=O) groups is 2. The van der Waals surface area contributed by atoms with Gasteiger partial charge in [0, 0.05) is 18.9 Å². The number of pyridine rings is 1. The Morgan fingerprint density at radius 1 is 1.20 bits per heavy atom. The fourth-order valence-corrected chi connectivity index (χ4v) is 4.13. The van der Waals surface area contributed by atoms with Crippen LogP contribution in [0.25, 0.3) is 6.08 Å². The molecule has 0 aliphatic heterocycles. The Hall–Kier alpha value is -2.85. The molecule has 158 valence electrons. The Balaban J connectivity index is 1.87. The van der Waals surface area contributed by atoms with Crippen LogP contribution in [0.15, 0.2) is 53.7 Å². The fraction of sp³-hybridized carbons (Fsp3) is 0.250. The first-order valence-electron chi connectivity index (χ1n) is 8.89. The first kappa shape index (κ1) is 23.4. The first-order valence-corrected chi connectivity index (χ1v) is 11.2. The average Bonchev–Trinajstić information content (AvgIpc) is 2.73. The van der Waals surface area contributed by atoms with Crippen LogP contribution >= 0.6 is 21.6 Å². The molecule has 8 nitrogen and oxygen atoms in total. The molecular formula is C20H20N2O6S2. The van der Waals surface area contributed by atoms with Crippen LogP contribution in [0, 0.1) is 10.1 Å². The number of ether oxygens (including phenoxy) is 2. The molecule has 0 fully saturated rings. The third kappa shape index (κ3) is 8.26. The SMILES string of the molecule is CC(=O)OCC=Cc1cccc(COC(=O)CCSSc2ccccn2)c1[N+](=O)[O-]. The van der Waals surface area contributed by atoms with E-state index in [0.29, 0.717) is 16.9 Å². The summed E-state index contributed by atoms with van der Waals surface area (Å²) in [5.74, 6) is -0.346. The van der Waals surface area contributed by atoms with E-state index in [1.165, 1.54) is 40.7 Å². The summed E-state index contributed by atoms with van der Waals surface area (Å²) in [7, 11) is 2.95. The number of esters is 2. The molecule has 10 heteroatoms. The smallest absolute Gasteiger partial charge is 0.306 e. The van der Waals surface area contributed by atoms with Gasteiger partial charge >= 0.3 is 11.9 Å². The second-order valence-electron chi connectivity index (χ2n) is 5.80. The van der Waals surface area contributed by atoms with Crippen molar-refractivity contribution < 1.29 is 24.0 Å². The molecule has 0 unspecified atom stereocenters. The highest BCUT2D eigenvalue weighted by Gasteiger charge is 2.19. The van der Waals surface area contributed by atoms with Crippen LogP contribution in [-0.2, 0) is 25.7 Å². The zero-order valence-electron chi connectivity index (χ0n) is 16.2. The quantitative estimate of drug-likeness (QED) is 0.162. The summed E-state index contributed by atoms with van der Waals surface area (Å²) in [5, 5.41) is 12.4. The van der Waals surface area contributed by atoms with Crippen molar-refractivity contribution >= 4 is 45.3 Å². The zero-order valence-corrected chi connectivity index (χ0v) is 17.8. The molecule has 2 rings (SSSR count). The van der Waals surface area contributed by atoms with Gasteiger partial charge in [-0.05, 0) is 47.2 Å². The molecule has 0 aliphatic carbocycles. The molecule has 0 N–H and O–H groups in total. The number of nitro groups is 1. The summed E-state index contributed by atoms with van der Waals surface area (Å²) in [6.07, 6.45) is 4.89. The van der Waals surface area contributed by atoms with Gasteiger partial charge in [0.2, 0.25) is 0 Å². The predicted molar refractivity (Wildman–Crippen MR) is 116 cm³/mol. The molecule has 0 atom stereocenters. The maximum atomic E-state index is 12.0. The summed E-state index contributed by atoms with van der Waals surface area (Å²) < 4.78 is 9.98. The molecule has 0 amide bonds. The van der Waals surface area contributed by atoms with Crippen LogP contribution < -0.4 is 0 Å². The van der Waals surface area contributed by atoms with Crippen LogP contribution in [0.4, 0.5) is 5.69 Å². The van der Waals surface area contributed by atoms with Crippen molar-refractivity contribution in [3.63, 3.8) is 0 Å².